The molecule has 1 atom stereocenters. The van der Waals surface area contributed by atoms with Gasteiger partial charge < -0.3 is 16.8 Å². The number of rotatable bonds is 4. The monoisotopic (exact) mass is 397 g/mol. The predicted octanol–water partition coefficient (Wildman–Crippen LogP) is 3.69. The Morgan fingerprint density at radius 3 is 2.64 bits per heavy atom. The Labute approximate surface area is 170 Å². The lowest BCUT2D eigenvalue weighted by Gasteiger charge is -2.23. The van der Waals surface area contributed by atoms with E-state index in [1.165, 1.54) is 0 Å². The molecule has 3 rings (SSSR count). The molecule has 2 aromatic carbocycles. The zero-order valence-electron chi connectivity index (χ0n) is 16.5. The van der Waals surface area contributed by atoms with Crippen LogP contribution in [0.3, 0.4) is 0 Å². The first-order valence-electron chi connectivity index (χ1n) is 9.43. The summed E-state index contributed by atoms with van der Waals surface area (Å²) < 4.78 is 0. The van der Waals surface area contributed by atoms with Gasteiger partial charge in [-0.15, -0.1) is 11.8 Å². The van der Waals surface area contributed by atoms with Gasteiger partial charge in [0.15, 0.2) is 0 Å². The number of nitrogen functional groups attached to an aromatic ring is 2. The summed E-state index contributed by atoms with van der Waals surface area (Å²) in [4.78, 5) is 13.8. The molecule has 1 heterocycles. The standard InChI is InChI=1S/C21H27N5OS/c1-4-9-24-21(27)26-13(2)10-15-11-19(28-3)18(23)12-17(15)20(25-26)14-5-7-16(22)8-6-14/h5-8,11-13H,4,9-10,22-23H2,1-3H3,(H,24,27). The molecule has 0 radical (unpaired) electrons. The largest absolute Gasteiger partial charge is 0.399 e. The first-order chi connectivity index (χ1) is 13.4. The number of urea groups is 1. The molecule has 0 saturated carbocycles. The molecule has 148 valence electrons. The van der Waals surface area contributed by atoms with E-state index >= 15 is 0 Å². The smallest absolute Gasteiger partial charge is 0.338 e. The van der Waals surface area contributed by atoms with Crippen LogP contribution in [-0.2, 0) is 6.42 Å². The van der Waals surface area contributed by atoms with Gasteiger partial charge in [0.25, 0.3) is 0 Å². The lowest BCUT2D eigenvalue weighted by Crippen LogP contribution is -2.42. The van der Waals surface area contributed by atoms with Gasteiger partial charge >= 0.3 is 6.03 Å². The summed E-state index contributed by atoms with van der Waals surface area (Å²) in [6, 6.07) is 11.3. The van der Waals surface area contributed by atoms with Gasteiger partial charge in [-0.2, -0.15) is 5.10 Å². The molecule has 1 unspecified atom stereocenters. The van der Waals surface area contributed by atoms with Crippen LogP contribution in [0.4, 0.5) is 16.2 Å². The van der Waals surface area contributed by atoms with E-state index in [4.69, 9.17) is 16.6 Å². The van der Waals surface area contributed by atoms with Gasteiger partial charge in [0.1, 0.15) is 0 Å². The highest BCUT2D eigenvalue weighted by atomic mass is 32.2. The van der Waals surface area contributed by atoms with E-state index in [1.807, 2.05) is 50.4 Å². The number of fused-ring (bicyclic) bond motifs is 1. The Morgan fingerprint density at radius 1 is 1.29 bits per heavy atom. The van der Waals surface area contributed by atoms with Crippen LogP contribution in [0.1, 0.15) is 37.0 Å². The van der Waals surface area contributed by atoms with Gasteiger partial charge in [0, 0.05) is 33.9 Å². The van der Waals surface area contributed by atoms with Crippen LogP contribution in [0.15, 0.2) is 46.4 Å². The Hall–Kier alpha value is -2.67. The third-order valence-corrected chi connectivity index (χ3v) is 5.56. The van der Waals surface area contributed by atoms with Crippen molar-refractivity contribution in [3.05, 3.63) is 53.1 Å². The Bertz CT molecular complexity index is 894. The second-order valence-electron chi connectivity index (χ2n) is 6.95. The summed E-state index contributed by atoms with van der Waals surface area (Å²) in [6.07, 6.45) is 3.58. The fourth-order valence-corrected chi connectivity index (χ4v) is 3.84. The summed E-state index contributed by atoms with van der Waals surface area (Å²) in [5.41, 5.74) is 17.2. The summed E-state index contributed by atoms with van der Waals surface area (Å²) in [7, 11) is 0. The van der Waals surface area contributed by atoms with Crippen LogP contribution in [0.5, 0.6) is 0 Å². The molecule has 7 heteroatoms. The number of carbonyl (C=O) groups is 1. The number of thioether (sulfide) groups is 1. The number of nitrogens with zero attached hydrogens (tertiary/aromatic N) is 2. The highest BCUT2D eigenvalue weighted by molar-refractivity contribution is 7.98. The zero-order chi connectivity index (χ0) is 20.3. The molecule has 6 nitrogen and oxygen atoms in total. The highest BCUT2D eigenvalue weighted by Crippen LogP contribution is 2.31. The van der Waals surface area contributed by atoms with E-state index in [-0.39, 0.29) is 12.1 Å². The number of hydrogen-bond acceptors (Lipinski definition) is 5. The topological polar surface area (TPSA) is 96.7 Å². The van der Waals surface area contributed by atoms with Gasteiger partial charge in [-0.1, -0.05) is 19.1 Å². The molecule has 0 bridgehead atoms. The maximum atomic E-state index is 12.8. The summed E-state index contributed by atoms with van der Waals surface area (Å²) >= 11 is 1.62. The minimum Gasteiger partial charge on any atom is -0.399 e. The summed E-state index contributed by atoms with van der Waals surface area (Å²) in [5, 5.41) is 9.27. The van der Waals surface area contributed by atoms with Crippen LogP contribution in [0, 0.1) is 0 Å². The number of benzene rings is 2. The number of amides is 2. The third kappa shape index (κ3) is 4.09. The van der Waals surface area contributed by atoms with Gasteiger partial charge in [0.2, 0.25) is 0 Å². The molecular formula is C21H27N5OS. The van der Waals surface area contributed by atoms with Crippen molar-refractivity contribution < 1.29 is 4.79 Å². The molecule has 1 aliphatic rings. The van der Waals surface area contributed by atoms with Crippen LogP contribution in [-0.4, -0.2) is 35.6 Å². The summed E-state index contributed by atoms with van der Waals surface area (Å²) in [6.45, 7) is 4.66. The average molecular weight is 398 g/mol. The maximum Gasteiger partial charge on any atom is 0.338 e. The third-order valence-electron chi connectivity index (χ3n) is 4.77. The van der Waals surface area contributed by atoms with E-state index < -0.39 is 0 Å². The molecule has 28 heavy (non-hydrogen) atoms. The van der Waals surface area contributed by atoms with Crippen molar-refractivity contribution in [3.8, 4) is 0 Å². The molecule has 0 aliphatic carbocycles. The predicted molar refractivity (Wildman–Crippen MR) is 118 cm³/mol. The minimum atomic E-state index is -0.187. The van der Waals surface area contributed by atoms with Crippen molar-refractivity contribution >= 4 is 34.9 Å². The van der Waals surface area contributed by atoms with Crippen LogP contribution < -0.4 is 16.8 Å². The van der Waals surface area contributed by atoms with Crippen LogP contribution in [0.25, 0.3) is 0 Å². The van der Waals surface area contributed by atoms with Crippen molar-refractivity contribution in [3.63, 3.8) is 0 Å². The zero-order valence-corrected chi connectivity index (χ0v) is 17.3. The highest BCUT2D eigenvalue weighted by Gasteiger charge is 2.27. The van der Waals surface area contributed by atoms with Crippen LogP contribution >= 0.6 is 11.8 Å². The van der Waals surface area contributed by atoms with Crippen molar-refractivity contribution in [2.24, 2.45) is 5.10 Å². The molecule has 2 aromatic rings. The molecule has 0 aromatic heterocycles. The lowest BCUT2D eigenvalue weighted by molar-refractivity contribution is 0.182. The van der Waals surface area contributed by atoms with E-state index in [1.54, 1.807) is 16.8 Å². The summed E-state index contributed by atoms with van der Waals surface area (Å²) in [5.74, 6) is 0. The van der Waals surface area contributed by atoms with Gasteiger partial charge in [-0.3, -0.25) is 0 Å². The second kappa shape index (κ2) is 8.56. The Morgan fingerprint density at radius 2 is 2.00 bits per heavy atom. The molecule has 5 N–H and O–H groups in total. The van der Waals surface area contributed by atoms with Crippen LogP contribution in [0.2, 0.25) is 0 Å². The van der Waals surface area contributed by atoms with Gasteiger partial charge in [-0.05, 0) is 55.9 Å². The molecule has 0 spiro atoms. The number of hydrazone groups is 1. The Balaban J connectivity index is 2.15. The molecule has 0 fully saturated rings. The Kier molecular flexibility index (Phi) is 6.14. The quantitative estimate of drug-likeness (QED) is 0.541. The number of nitrogens with one attached hydrogen (secondary N) is 1. The molecule has 1 aliphatic heterocycles. The van der Waals surface area contributed by atoms with Crippen molar-refractivity contribution in [2.75, 3.05) is 24.3 Å². The van der Waals surface area contributed by atoms with Crippen molar-refractivity contribution in [1.29, 1.82) is 0 Å². The van der Waals surface area contributed by atoms with Gasteiger partial charge in [-0.25, -0.2) is 9.80 Å². The fourth-order valence-electron chi connectivity index (χ4n) is 3.28. The first-order valence-corrected chi connectivity index (χ1v) is 10.6. The van der Waals surface area contributed by atoms with Crippen molar-refractivity contribution in [2.45, 2.75) is 37.6 Å². The number of anilines is 2. The van der Waals surface area contributed by atoms with E-state index in [0.717, 1.165) is 33.7 Å². The fraction of sp³-hybridized carbons (Fsp3) is 0.333. The number of hydrogen-bond donors (Lipinski definition) is 3. The minimum absolute atomic E-state index is 0.0831. The molecular weight excluding hydrogens is 370 g/mol. The number of nitrogens with two attached hydrogens (primary N) is 2. The van der Waals surface area contributed by atoms with E-state index in [9.17, 15) is 4.79 Å². The lowest BCUT2D eigenvalue weighted by atomic mass is 9.94. The average Bonchev–Trinajstić information content (AvgIpc) is 2.82. The molecule has 0 saturated heterocycles. The maximum absolute atomic E-state index is 12.8. The van der Waals surface area contributed by atoms with E-state index in [0.29, 0.717) is 24.3 Å². The number of carbonyl (C=O) groups excluding carboxylic acids is 1. The van der Waals surface area contributed by atoms with Gasteiger partial charge in [0.05, 0.1) is 11.8 Å². The second-order valence-corrected chi connectivity index (χ2v) is 7.80. The van der Waals surface area contributed by atoms with E-state index in [2.05, 4.69) is 11.4 Å². The normalized spacial score (nSPS) is 16.2. The van der Waals surface area contributed by atoms with Crippen molar-refractivity contribution in [1.82, 2.24) is 10.3 Å². The SMILES string of the molecule is CCCNC(=O)N1N=C(c2ccc(N)cc2)c2cc(N)c(SC)cc2CC1C. The first kappa shape index (κ1) is 20.1. The molecule has 2 amide bonds.